The van der Waals surface area contributed by atoms with E-state index in [1.54, 1.807) is 0 Å². The van der Waals surface area contributed by atoms with Gasteiger partial charge in [0.2, 0.25) is 5.91 Å². The molecule has 3 N–H and O–H groups in total. The average Bonchev–Trinajstić information content (AvgIpc) is 2.74. The van der Waals surface area contributed by atoms with Crippen LogP contribution in [0.4, 0.5) is 0 Å². The van der Waals surface area contributed by atoms with Crippen LogP contribution < -0.4 is 11.1 Å². The molecule has 0 aromatic heterocycles. The van der Waals surface area contributed by atoms with Crippen LogP contribution in [-0.4, -0.2) is 30.8 Å². The lowest BCUT2D eigenvalue weighted by Gasteiger charge is -2.13. The van der Waals surface area contributed by atoms with Gasteiger partial charge in [0.1, 0.15) is 6.04 Å². The largest absolute Gasteiger partial charge is 0.354 e. The molecule has 3 atom stereocenters. The van der Waals surface area contributed by atoms with Gasteiger partial charge in [0.15, 0.2) is 0 Å². The molecule has 0 saturated heterocycles. The second-order valence-electron chi connectivity index (χ2n) is 4.94. The van der Waals surface area contributed by atoms with Crippen molar-refractivity contribution in [3.8, 4) is 0 Å². The third-order valence-corrected chi connectivity index (χ3v) is 3.38. The second kappa shape index (κ2) is 7.43. The topological polar surface area (TPSA) is 67.5 Å². The molecule has 0 radical (unpaired) electrons. The molecule has 0 spiro atoms. The number of carbonyl (C=O) groups excluding carboxylic acids is 1. The molecule has 0 unspecified atom stereocenters. The van der Waals surface area contributed by atoms with Crippen molar-refractivity contribution in [3.63, 3.8) is 0 Å². The molecule has 17 heavy (non-hydrogen) atoms. The SMILES string of the molecule is CC[C@@H](N)CCCCNC(=O)[C@@H]1N=CC[C@H]1C. The summed E-state index contributed by atoms with van der Waals surface area (Å²) in [5, 5.41) is 2.95. The van der Waals surface area contributed by atoms with Crippen molar-refractivity contribution in [2.24, 2.45) is 16.6 Å². The number of unbranched alkanes of at least 4 members (excludes halogenated alkanes) is 1. The lowest BCUT2D eigenvalue weighted by Crippen LogP contribution is -2.36. The fourth-order valence-corrected chi connectivity index (χ4v) is 1.99. The third-order valence-electron chi connectivity index (χ3n) is 3.38. The van der Waals surface area contributed by atoms with Crippen LogP contribution in [-0.2, 0) is 4.79 Å². The normalized spacial score (nSPS) is 24.9. The maximum atomic E-state index is 11.8. The Bertz CT molecular complexity index is 265. The van der Waals surface area contributed by atoms with Gasteiger partial charge >= 0.3 is 0 Å². The van der Waals surface area contributed by atoms with Crippen LogP contribution in [0.15, 0.2) is 4.99 Å². The van der Waals surface area contributed by atoms with Gasteiger partial charge < -0.3 is 11.1 Å². The van der Waals surface area contributed by atoms with E-state index in [1.165, 1.54) is 0 Å². The summed E-state index contributed by atoms with van der Waals surface area (Å²) in [6, 6.07) is 0.151. The van der Waals surface area contributed by atoms with Gasteiger partial charge in [-0.05, 0) is 31.6 Å². The van der Waals surface area contributed by atoms with Crippen molar-refractivity contribution in [2.45, 2.75) is 58.0 Å². The van der Waals surface area contributed by atoms with E-state index in [1.807, 2.05) is 6.21 Å². The van der Waals surface area contributed by atoms with E-state index in [0.29, 0.717) is 12.0 Å². The van der Waals surface area contributed by atoms with Gasteiger partial charge in [0.05, 0.1) is 0 Å². The fourth-order valence-electron chi connectivity index (χ4n) is 1.99. The minimum absolute atomic E-state index is 0.0750. The van der Waals surface area contributed by atoms with E-state index in [2.05, 4.69) is 24.2 Å². The first-order chi connectivity index (χ1) is 8.15. The molecule has 1 rings (SSSR count). The summed E-state index contributed by atoms with van der Waals surface area (Å²) in [4.78, 5) is 16.0. The molecule has 1 heterocycles. The fraction of sp³-hybridized carbons (Fsp3) is 0.846. The van der Waals surface area contributed by atoms with Crippen LogP contribution >= 0.6 is 0 Å². The molecular formula is C13H25N3O. The Morgan fingerprint density at radius 1 is 1.59 bits per heavy atom. The number of hydrogen-bond donors (Lipinski definition) is 2. The van der Waals surface area contributed by atoms with Gasteiger partial charge in [-0.2, -0.15) is 0 Å². The Hall–Kier alpha value is -0.900. The van der Waals surface area contributed by atoms with Crippen molar-refractivity contribution in [3.05, 3.63) is 0 Å². The molecule has 0 bridgehead atoms. The minimum Gasteiger partial charge on any atom is -0.354 e. The highest BCUT2D eigenvalue weighted by atomic mass is 16.2. The quantitative estimate of drug-likeness (QED) is 0.661. The number of carbonyl (C=O) groups is 1. The Labute approximate surface area is 104 Å². The van der Waals surface area contributed by atoms with Gasteiger partial charge in [-0.1, -0.05) is 20.3 Å². The first kappa shape index (κ1) is 14.2. The zero-order valence-corrected chi connectivity index (χ0v) is 11.0. The number of aliphatic imine (C=N–C) groups is 1. The molecular weight excluding hydrogens is 214 g/mol. The van der Waals surface area contributed by atoms with Crippen LogP contribution in [0.1, 0.15) is 46.0 Å². The van der Waals surface area contributed by atoms with E-state index in [-0.39, 0.29) is 11.9 Å². The molecule has 1 aliphatic rings. The van der Waals surface area contributed by atoms with Crippen molar-refractivity contribution < 1.29 is 4.79 Å². The Morgan fingerprint density at radius 2 is 2.35 bits per heavy atom. The van der Waals surface area contributed by atoms with Gasteiger partial charge in [0, 0.05) is 18.8 Å². The van der Waals surface area contributed by atoms with Crippen LogP contribution in [0, 0.1) is 5.92 Å². The average molecular weight is 239 g/mol. The smallest absolute Gasteiger partial charge is 0.245 e. The number of nitrogens with two attached hydrogens (primary N) is 1. The maximum absolute atomic E-state index is 11.8. The Balaban J connectivity index is 2.06. The van der Waals surface area contributed by atoms with Gasteiger partial charge in [-0.3, -0.25) is 9.79 Å². The summed E-state index contributed by atoms with van der Waals surface area (Å²) in [6.45, 7) is 4.91. The molecule has 0 saturated carbocycles. The molecule has 1 amide bonds. The lowest BCUT2D eigenvalue weighted by atomic mass is 10.0. The standard InChI is InChI=1S/C13H25N3O/c1-3-11(14)6-4-5-8-16-13(17)12-10(2)7-9-15-12/h9-12H,3-8,14H2,1-2H3,(H,16,17)/t10-,11-,12-/m1/s1. The van der Waals surface area contributed by atoms with Crippen molar-refractivity contribution in [1.82, 2.24) is 5.32 Å². The Kier molecular flexibility index (Phi) is 6.19. The molecule has 0 aromatic rings. The summed E-state index contributed by atoms with van der Waals surface area (Å²) in [5.74, 6) is 0.426. The van der Waals surface area contributed by atoms with Gasteiger partial charge in [-0.15, -0.1) is 0 Å². The molecule has 0 aliphatic carbocycles. The summed E-state index contributed by atoms with van der Waals surface area (Å²) < 4.78 is 0. The summed E-state index contributed by atoms with van der Waals surface area (Å²) in [7, 11) is 0. The predicted molar refractivity (Wildman–Crippen MR) is 71.2 cm³/mol. The van der Waals surface area contributed by atoms with Gasteiger partial charge in [-0.25, -0.2) is 0 Å². The van der Waals surface area contributed by atoms with Crippen molar-refractivity contribution in [2.75, 3.05) is 6.54 Å². The number of amides is 1. The van der Waals surface area contributed by atoms with E-state index < -0.39 is 0 Å². The van der Waals surface area contributed by atoms with E-state index in [9.17, 15) is 4.79 Å². The minimum atomic E-state index is -0.159. The Morgan fingerprint density at radius 3 is 2.94 bits per heavy atom. The third kappa shape index (κ3) is 4.86. The molecule has 4 nitrogen and oxygen atoms in total. The molecule has 98 valence electrons. The van der Waals surface area contributed by atoms with E-state index in [4.69, 9.17) is 5.73 Å². The van der Waals surface area contributed by atoms with Crippen molar-refractivity contribution in [1.29, 1.82) is 0 Å². The van der Waals surface area contributed by atoms with Crippen LogP contribution in [0.5, 0.6) is 0 Å². The highest BCUT2D eigenvalue weighted by molar-refractivity contribution is 5.85. The van der Waals surface area contributed by atoms with E-state index >= 15 is 0 Å². The number of rotatable bonds is 7. The lowest BCUT2D eigenvalue weighted by molar-refractivity contribution is -0.123. The molecule has 0 aromatic carbocycles. The van der Waals surface area contributed by atoms with Gasteiger partial charge in [0.25, 0.3) is 0 Å². The maximum Gasteiger partial charge on any atom is 0.245 e. The molecule has 1 aliphatic heterocycles. The second-order valence-corrected chi connectivity index (χ2v) is 4.94. The number of hydrogen-bond acceptors (Lipinski definition) is 3. The zero-order valence-electron chi connectivity index (χ0n) is 11.0. The summed E-state index contributed by atoms with van der Waals surface area (Å²) in [5.41, 5.74) is 5.83. The van der Waals surface area contributed by atoms with E-state index in [0.717, 1.165) is 38.6 Å². The monoisotopic (exact) mass is 239 g/mol. The molecule has 0 fully saturated rings. The van der Waals surface area contributed by atoms with Crippen LogP contribution in [0.2, 0.25) is 0 Å². The predicted octanol–water partition coefficient (Wildman–Crippen LogP) is 1.49. The zero-order chi connectivity index (χ0) is 12.7. The first-order valence-corrected chi connectivity index (χ1v) is 6.70. The van der Waals surface area contributed by atoms with Crippen LogP contribution in [0.25, 0.3) is 0 Å². The van der Waals surface area contributed by atoms with Crippen LogP contribution in [0.3, 0.4) is 0 Å². The van der Waals surface area contributed by atoms with Crippen molar-refractivity contribution >= 4 is 12.1 Å². The highest BCUT2D eigenvalue weighted by Gasteiger charge is 2.26. The number of nitrogens with one attached hydrogen (secondary N) is 1. The highest BCUT2D eigenvalue weighted by Crippen LogP contribution is 2.16. The summed E-state index contributed by atoms with van der Waals surface area (Å²) in [6.07, 6.45) is 6.94. The summed E-state index contributed by atoms with van der Waals surface area (Å²) >= 11 is 0. The molecule has 4 heteroatoms. The first-order valence-electron chi connectivity index (χ1n) is 6.70. The number of nitrogens with zero attached hydrogens (tertiary/aromatic N) is 1.